The van der Waals surface area contributed by atoms with Gasteiger partial charge in [0.2, 0.25) is 0 Å². The summed E-state index contributed by atoms with van der Waals surface area (Å²) in [6, 6.07) is 1.66. The maximum atomic E-state index is 12.8. The number of pyridine rings is 1. The van der Waals surface area contributed by atoms with Crippen LogP contribution in [0.4, 0.5) is 0 Å². The molecule has 0 radical (unpaired) electrons. The number of fused-ring (bicyclic) bond motifs is 5. The van der Waals surface area contributed by atoms with E-state index in [-0.39, 0.29) is 30.1 Å². The minimum Gasteiger partial charge on any atom is -0.458 e. The number of nitrogens with one attached hydrogen (secondary N) is 1. The van der Waals surface area contributed by atoms with Gasteiger partial charge in [-0.2, -0.15) is 5.10 Å². The van der Waals surface area contributed by atoms with Crippen molar-refractivity contribution in [3.05, 3.63) is 40.1 Å². The third-order valence-electron chi connectivity index (χ3n) is 11.1. The summed E-state index contributed by atoms with van der Waals surface area (Å²) in [6.07, 6.45) is 11.1. The molecule has 9 nitrogen and oxygen atoms in total. The zero-order chi connectivity index (χ0) is 27.6. The Morgan fingerprint density at radius 1 is 1.15 bits per heavy atom. The van der Waals surface area contributed by atoms with Crippen LogP contribution in [-0.2, 0) is 9.53 Å². The van der Waals surface area contributed by atoms with E-state index in [0.717, 1.165) is 24.8 Å². The quantitative estimate of drug-likeness (QED) is 0.236. The van der Waals surface area contributed by atoms with E-state index in [2.05, 4.69) is 38.4 Å². The lowest BCUT2D eigenvalue weighted by molar-refractivity contribution is -0.237. The molecular weight excluding hydrogens is 566 g/mol. The van der Waals surface area contributed by atoms with Gasteiger partial charge in [-0.1, -0.05) is 6.92 Å². The molecule has 0 bridgehead atoms. The first kappa shape index (κ1) is 27.1. The number of aliphatic hydroxyl groups excluding tert-OH is 1. The Hall–Kier alpha value is -2.14. The predicted molar refractivity (Wildman–Crippen MR) is 145 cm³/mol. The number of aliphatic hydroxyl groups is 3. The van der Waals surface area contributed by atoms with Crippen LogP contribution in [0.2, 0.25) is 0 Å². The van der Waals surface area contributed by atoms with Gasteiger partial charge in [0, 0.05) is 46.4 Å². The standard InChI is InChI=1S/C29H36BrN3O6/c1-26-6-3-22-23(29(26,38)9-5-21(26)18-11-24(35)39-15-18)4-8-28(37)12-20(34)2-7-27(22,28)16-32-33-25(36)17-10-19(30)14-31-13-17/h10-11,13-14,16,20-23,34,37-38H,2-9,12,15H2,1H3,(H,33,36)/b32-16-/t20-,21-,22+,23-,26-,27+,28+,29-/m1/s1. The largest absolute Gasteiger partial charge is 0.458 e. The molecule has 0 spiro atoms. The van der Waals surface area contributed by atoms with Crippen LogP contribution in [0.15, 0.2) is 39.7 Å². The van der Waals surface area contributed by atoms with E-state index in [0.29, 0.717) is 48.7 Å². The average Bonchev–Trinajstić information content (AvgIpc) is 3.43. The molecule has 1 aromatic rings. The fraction of sp³-hybridized carbons (Fsp3) is 0.655. The van der Waals surface area contributed by atoms with Gasteiger partial charge in [0.15, 0.2) is 0 Å². The van der Waals surface area contributed by atoms with E-state index < -0.39 is 34.0 Å². The van der Waals surface area contributed by atoms with Gasteiger partial charge in [-0.25, -0.2) is 10.2 Å². The molecule has 4 saturated carbocycles. The lowest BCUT2D eigenvalue weighted by atomic mass is 9.41. The summed E-state index contributed by atoms with van der Waals surface area (Å²) >= 11 is 3.33. The summed E-state index contributed by atoms with van der Waals surface area (Å²) in [5.41, 5.74) is 0.608. The van der Waals surface area contributed by atoms with E-state index >= 15 is 0 Å². The highest BCUT2D eigenvalue weighted by Crippen LogP contribution is 2.70. The molecule has 1 aromatic heterocycles. The van der Waals surface area contributed by atoms with E-state index in [9.17, 15) is 24.9 Å². The predicted octanol–water partition coefficient (Wildman–Crippen LogP) is 3.27. The van der Waals surface area contributed by atoms with Gasteiger partial charge in [0.25, 0.3) is 5.91 Å². The molecule has 4 fully saturated rings. The fourth-order valence-electron chi connectivity index (χ4n) is 9.17. The number of cyclic esters (lactones) is 1. The van der Waals surface area contributed by atoms with E-state index in [1.54, 1.807) is 24.6 Å². The van der Waals surface area contributed by atoms with Gasteiger partial charge >= 0.3 is 5.97 Å². The van der Waals surface area contributed by atoms with Gasteiger partial charge in [-0.15, -0.1) is 0 Å². The molecule has 0 saturated heterocycles. The highest BCUT2D eigenvalue weighted by molar-refractivity contribution is 9.10. The lowest BCUT2D eigenvalue weighted by Gasteiger charge is -2.65. The average molecular weight is 603 g/mol. The van der Waals surface area contributed by atoms with Crippen molar-refractivity contribution < 1.29 is 29.6 Å². The van der Waals surface area contributed by atoms with E-state index in [4.69, 9.17) is 4.74 Å². The molecule has 5 aliphatic rings. The molecule has 2 heterocycles. The van der Waals surface area contributed by atoms with Crippen molar-refractivity contribution in [3.8, 4) is 0 Å². The Morgan fingerprint density at radius 3 is 2.69 bits per heavy atom. The SMILES string of the molecule is C[C@]12CC[C@H]3[C@@H](CC[C@]4(O)C[C@H](O)CC[C@]34/C=N\NC(=O)c3cncc(Br)c3)[C@]1(O)CC[C@@H]2C1=CC(=O)OC1. The van der Waals surface area contributed by atoms with Crippen LogP contribution in [-0.4, -0.2) is 62.3 Å². The van der Waals surface area contributed by atoms with Crippen LogP contribution in [0.25, 0.3) is 0 Å². The summed E-state index contributed by atoms with van der Waals surface area (Å²) in [4.78, 5) is 28.6. The molecule has 4 aliphatic carbocycles. The number of carbonyl (C=O) groups excluding carboxylic acids is 2. The smallest absolute Gasteiger partial charge is 0.331 e. The third-order valence-corrected chi connectivity index (χ3v) is 11.5. The molecule has 8 atom stereocenters. The molecule has 4 N–H and O–H groups in total. The fourth-order valence-corrected chi connectivity index (χ4v) is 9.53. The zero-order valence-electron chi connectivity index (χ0n) is 22.1. The van der Waals surface area contributed by atoms with Crippen LogP contribution in [0, 0.1) is 28.6 Å². The summed E-state index contributed by atoms with van der Waals surface area (Å²) in [6.45, 7) is 2.45. The minimum atomic E-state index is -1.19. The monoisotopic (exact) mass is 601 g/mol. The van der Waals surface area contributed by atoms with Gasteiger partial charge < -0.3 is 20.1 Å². The van der Waals surface area contributed by atoms with Gasteiger partial charge in [0.05, 0.1) is 22.9 Å². The number of hydrogen-bond donors (Lipinski definition) is 4. The van der Waals surface area contributed by atoms with Gasteiger partial charge in [0.1, 0.15) is 6.61 Å². The minimum absolute atomic E-state index is 0.0656. The van der Waals surface area contributed by atoms with Crippen molar-refractivity contribution in [2.24, 2.45) is 33.7 Å². The number of ether oxygens (including phenoxy) is 1. The second-order valence-electron chi connectivity index (χ2n) is 12.6. The number of amides is 1. The maximum absolute atomic E-state index is 12.8. The van der Waals surface area contributed by atoms with Crippen LogP contribution in [0.5, 0.6) is 0 Å². The highest BCUT2D eigenvalue weighted by Gasteiger charge is 2.71. The topological polar surface area (TPSA) is 141 Å². The molecule has 0 unspecified atom stereocenters. The van der Waals surface area contributed by atoms with Gasteiger partial charge in [-0.05, 0) is 96.7 Å². The third kappa shape index (κ3) is 4.04. The molecule has 210 valence electrons. The molecule has 6 rings (SSSR count). The molecule has 1 aliphatic heterocycles. The summed E-state index contributed by atoms with van der Waals surface area (Å²) in [7, 11) is 0. The van der Waals surface area contributed by atoms with Crippen molar-refractivity contribution >= 4 is 34.0 Å². The van der Waals surface area contributed by atoms with Crippen molar-refractivity contribution in [2.45, 2.75) is 82.0 Å². The summed E-state index contributed by atoms with van der Waals surface area (Å²) < 4.78 is 5.91. The molecule has 1 amide bonds. The number of aromatic nitrogens is 1. The van der Waals surface area contributed by atoms with Crippen molar-refractivity contribution in [3.63, 3.8) is 0 Å². The zero-order valence-corrected chi connectivity index (χ0v) is 23.7. The van der Waals surface area contributed by atoms with Gasteiger partial charge in [-0.3, -0.25) is 9.78 Å². The summed E-state index contributed by atoms with van der Waals surface area (Å²) in [5, 5.41) is 39.5. The van der Waals surface area contributed by atoms with E-state index in [1.165, 1.54) is 6.20 Å². The second-order valence-corrected chi connectivity index (χ2v) is 13.5. The second kappa shape index (κ2) is 9.46. The lowest BCUT2D eigenvalue weighted by Crippen LogP contribution is -2.68. The van der Waals surface area contributed by atoms with Crippen molar-refractivity contribution in [2.75, 3.05) is 6.61 Å². The van der Waals surface area contributed by atoms with Crippen LogP contribution >= 0.6 is 15.9 Å². The maximum Gasteiger partial charge on any atom is 0.331 e. The number of hydrogen-bond acceptors (Lipinski definition) is 8. The number of rotatable bonds is 4. The Balaban J connectivity index is 1.32. The number of halogens is 1. The normalized spacial score (nSPS) is 43.3. The Kier molecular flexibility index (Phi) is 6.56. The summed E-state index contributed by atoms with van der Waals surface area (Å²) in [5.74, 6) is -0.780. The highest BCUT2D eigenvalue weighted by atomic mass is 79.9. The first-order valence-corrected chi connectivity index (χ1v) is 14.8. The first-order chi connectivity index (χ1) is 18.5. The Bertz CT molecular complexity index is 1260. The molecule has 39 heavy (non-hydrogen) atoms. The molecule has 0 aromatic carbocycles. The molecule has 10 heteroatoms. The first-order valence-electron chi connectivity index (χ1n) is 14.0. The van der Waals surface area contributed by atoms with Crippen molar-refractivity contribution in [1.82, 2.24) is 10.4 Å². The number of esters is 1. The Labute approximate surface area is 236 Å². The van der Waals surface area contributed by atoms with E-state index in [1.807, 2.05) is 0 Å². The van der Waals surface area contributed by atoms with Crippen LogP contribution in [0.1, 0.15) is 75.1 Å². The number of nitrogens with zero attached hydrogens (tertiary/aromatic N) is 2. The Morgan fingerprint density at radius 2 is 1.95 bits per heavy atom. The number of carbonyl (C=O) groups is 2. The van der Waals surface area contributed by atoms with Crippen molar-refractivity contribution in [1.29, 1.82) is 0 Å². The van der Waals surface area contributed by atoms with Crippen LogP contribution < -0.4 is 5.43 Å². The van der Waals surface area contributed by atoms with Crippen LogP contribution in [0.3, 0.4) is 0 Å². The number of hydrazone groups is 1. The molecular formula is C29H36BrN3O6.